The number of hydrogen-bond donors (Lipinski definition) is 0. The second kappa shape index (κ2) is 5.52. The Kier molecular flexibility index (Phi) is 3.34. The summed E-state index contributed by atoms with van der Waals surface area (Å²) in [5, 5.41) is 0. The molecule has 1 aliphatic rings. The maximum atomic E-state index is 14.4. The SMILES string of the molecule is CC1CN(C(=O)c2cc3nccnc3cc2F)c2cccnc2O1. The second-order valence-electron chi connectivity index (χ2n) is 5.55. The van der Waals surface area contributed by atoms with Crippen LogP contribution in [0.15, 0.2) is 42.9 Å². The molecule has 0 radical (unpaired) electrons. The predicted octanol–water partition coefficient (Wildman–Crippen LogP) is 2.59. The minimum atomic E-state index is -0.627. The fourth-order valence-electron chi connectivity index (χ4n) is 2.75. The van der Waals surface area contributed by atoms with Crippen LogP contribution in [-0.2, 0) is 0 Å². The summed E-state index contributed by atoms with van der Waals surface area (Å²) in [5.74, 6) is -0.715. The number of amides is 1. The van der Waals surface area contributed by atoms with Gasteiger partial charge in [-0.25, -0.2) is 9.37 Å². The van der Waals surface area contributed by atoms with Gasteiger partial charge in [-0.05, 0) is 25.1 Å². The van der Waals surface area contributed by atoms with E-state index in [-0.39, 0.29) is 11.7 Å². The van der Waals surface area contributed by atoms with E-state index in [1.54, 1.807) is 18.3 Å². The maximum absolute atomic E-state index is 14.4. The molecule has 3 heterocycles. The molecule has 0 N–H and O–H groups in total. The molecule has 4 rings (SSSR count). The highest BCUT2D eigenvalue weighted by atomic mass is 19.1. The highest BCUT2D eigenvalue weighted by molar-refractivity contribution is 6.08. The Bertz CT molecular complexity index is 947. The lowest BCUT2D eigenvalue weighted by Gasteiger charge is -2.32. The van der Waals surface area contributed by atoms with Crippen LogP contribution < -0.4 is 9.64 Å². The van der Waals surface area contributed by atoms with Gasteiger partial charge in [0, 0.05) is 24.7 Å². The van der Waals surface area contributed by atoms with E-state index in [0.717, 1.165) is 0 Å². The Balaban J connectivity index is 1.80. The molecule has 1 aliphatic heterocycles. The molecular formula is C17H13FN4O2. The zero-order chi connectivity index (χ0) is 16.7. The summed E-state index contributed by atoms with van der Waals surface area (Å²) in [6.07, 6.45) is 4.34. The molecule has 7 heteroatoms. The highest BCUT2D eigenvalue weighted by Crippen LogP contribution is 2.32. The summed E-state index contributed by atoms with van der Waals surface area (Å²) in [6.45, 7) is 2.15. The van der Waals surface area contributed by atoms with Crippen molar-refractivity contribution in [2.45, 2.75) is 13.0 Å². The number of pyridine rings is 1. The molecule has 0 saturated carbocycles. The van der Waals surface area contributed by atoms with Gasteiger partial charge in [0.05, 0.1) is 23.1 Å². The van der Waals surface area contributed by atoms with Crippen LogP contribution in [0, 0.1) is 5.82 Å². The number of aromatic nitrogens is 3. The molecule has 1 atom stereocenters. The van der Waals surface area contributed by atoms with Crippen LogP contribution in [0.4, 0.5) is 10.1 Å². The number of halogens is 1. The molecule has 0 aliphatic carbocycles. The van der Waals surface area contributed by atoms with Crippen LogP contribution in [0.1, 0.15) is 17.3 Å². The Hall–Kier alpha value is -3.09. The largest absolute Gasteiger partial charge is 0.471 e. The third-order valence-electron chi connectivity index (χ3n) is 3.83. The van der Waals surface area contributed by atoms with Crippen LogP contribution in [0.5, 0.6) is 5.88 Å². The van der Waals surface area contributed by atoms with Crippen molar-refractivity contribution >= 4 is 22.6 Å². The van der Waals surface area contributed by atoms with Gasteiger partial charge in [-0.2, -0.15) is 0 Å². The number of carbonyl (C=O) groups is 1. The van der Waals surface area contributed by atoms with Gasteiger partial charge in [-0.1, -0.05) is 0 Å². The smallest absolute Gasteiger partial charge is 0.261 e. The Morgan fingerprint density at radius 3 is 2.75 bits per heavy atom. The molecule has 6 nitrogen and oxygen atoms in total. The summed E-state index contributed by atoms with van der Waals surface area (Å²) in [5.41, 5.74) is 1.35. The number of rotatable bonds is 1. The number of nitrogens with zero attached hydrogens (tertiary/aromatic N) is 4. The lowest BCUT2D eigenvalue weighted by atomic mass is 10.1. The molecular weight excluding hydrogens is 311 g/mol. The lowest BCUT2D eigenvalue weighted by molar-refractivity contribution is 0.0955. The molecule has 2 aromatic heterocycles. The van der Waals surface area contributed by atoms with Gasteiger partial charge in [0.1, 0.15) is 17.6 Å². The topological polar surface area (TPSA) is 68.2 Å². The third kappa shape index (κ3) is 2.34. The van der Waals surface area contributed by atoms with E-state index in [4.69, 9.17) is 4.74 Å². The van der Waals surface area contributed by atoms with Gasteiger partial charge >= 0.3 is 0 Å². The molecule has 3 aromatic rings. The number of anilines is 1. The maximum Gasteiger partial charge on any atom is 0.261 e. The Morgan fingerprint density at radius 1 is 1.21 bits per heavy atom. The third-order valence-corrected chi connectivity index (χ3v) is 3.83. The molecule has 1 amide bonds. The summed E-state index contributed by atoms with van der Waals surface area (Å²) >= 11 is 0. The van der Waals surface area contributed by atoms with Crippen molar-refractivity contribution in [3.05, 3.63) is 54.2 Å². The van der Waals surface area contributed by atoms with E-state index in [2.05, 4.69) is 15.0 Å². The van der Waals surface area contributed by atoms with Gasteiger partial charge in [0.15, 0.2) is 0 Å². The van der Waals surface area contributed by atoms with Gasteiger partial charge in [0.2, 0.25) is 5.88 Å². The minimum Gasteiger partial charge on any atom is -0.471 e. The Morgan fingerprint density at radius 2 is 1.96 bits per heavy atom. The van der Waals surface area contributed by atoms with Crippen LogP contribution in [0.25, 0.3) is 11.0 Å². The van der Waals surface area contributed by atoms with E-state index < -0.39 is 11.7 Å². The summed E-state index contributed by atoms with van der Waals surface area (Å²) in [7, 11) is 0. The first kappa shape index (κ1) is 14.5. The standard InChI is InChI=1S/C17H13FN4O2/c1-10-9-22(15-3-2-4-21-16(15)24-10)17(23)11-7-13-14(8-12(11)18)20-6-5-19-13/h2-8,10H,9H2,1H3. The fraction of sp³-hybridized carbons (Fsp3) is 0.176. The number of hydrogen-bond acceptors (Lipinski definition) is 5. The van der Waals surface area contributed by atoms with E-state index in [9.17, 15) is 9.18 Å². The van der Waals surface area contributed by atoms with Crippen molar-refractivity contribution in [3.8, 4) is 5.88 Å². The highest BCUT2D eigenvalue weighted by Gasteiger charge is 2.30. The van der Waals surface area contributed by atoms with Crippen LogP contribution in [0.3, 0.4) is 0 Å². The first-order valence-corrected chi connectivity index (χ1v) is 7.47. The lowest BCUT2D eigenvalue weighted by Crippen LogP contribution is -2.42. The average Bonchev–Trinajstić information content (AvgIpc) is 2.59. The van der Waals surface area contributed by atoms with Crippen LogP contribution in [-0.4, -0.2) is 33.5 Å². The van der Waals surface area contributed by atoms with Crippen LogP contribution >= 0.6 is 0 Å². The Labute approximate surface area is 136 Å². The number of benzene rings is 1. The first-order chi connectivity index (χ1) is 11.6. The zero-order valence-electron chi connectivity index (χ0n) is 12.8. The normalized spacial score (nSPS) is 16.6. The van der Waals surface area contributed by atoms with Crippen molar-refractivity contribution in [2.75, 3.05) is 11.4 Å². The summed E-state index contributed by atoms with van der Waals surface area (Å²) < 4.78 is 20.1. The van der Waals surface area contributed by atoms with E-state index in [1.165, 1.54) is 29.4 Å². The summed E-state index contributed by atoms with van der Waals surface area (Å²) in [6, 6.07) is 6.09. The van der Waals surface area contributed by atoms with E-state index in [0.29, 0.717) is 29.1 Å². The van der Waals surface area contributed by atoms with Gasteiger partial charge in [-0.15, -0.1) is 0 Å². The van der Waals surface area contributed by atoms with Crippen molar-refractivity contribution < 1.29 is 13.9 Å². The summed E-state index contributed by atoms with van der Waals surface area (Å²) in [4.78, 5) is 26.7. The molecule has 120 valence electrons. The molecule has 1 aromatic carbocycles. The van der Waals surface area contributed by atoms with Crippen molar-refractivity contribution in [3.63, 3.8) is 0 Å². The minimum absolute atomic E-state index is 0.0492. The fourth-order valence-corrected chi connectivity index (χ4v) is 2.75. The van der Waals surface area contributed by atoms with E-state index >= 15 is 0 Å². The molecule has 24 heavy (non-hydrogen) atoms. The van der Waals surface area contributed by atoms with Crippen molar-refractivity contribution in [1.29, 1.82) is 0 Å². The first-order valence-electron chi connectivity index (χ1n) is 7.47. The monoisotopic (exact) mass is 324 g/mol. The molecule has 0 bridgehead atoms. The van der Waals surface area contributed by atoms with E-state index in [1.807, 2.05) is 6.92 Å². The second-order valence-corrected chi connectivity index (χ2v) is 5.55. The van der Waals surface area contributed by atoms with Gasteiger partial charge in [0.25, 0.3) is 5.91 Å². The molecule has 1 unspecified atom stereocenters. The average molecular weight is 324 g/mol. The molecule has 0 spiro atoms. The van der Waals surface area contributed by atoms with Crippen LogP contribution in [0.2, 0.25) is 0 Å². The van der Waals surface area contributed by atoms with Crippen molar-refractivity contribution in [2.24, 2.45) is 0 Å². The predicted molar refractivity (Wildman–Crippen MR) is 85.5 cm³/mol. The number of fused-ring (bicyclic) bond motifs is 2. The van der Waals surface area contributed by atoms with Gasteiger partial charge < -0.3 is 4.74 Å². The quantitative estimate of drug-likeness (QED) is 0.688. The number of ether oxygens (including phenoxy) is 1. The van der Waals surface area contributed by atoms with Gasteiger partial charge in [-0.3, -0.25) is 19.7 Å². The van der Waals surface area contributed by atoms with Crippen molar-refractivity contribution in [1.82, 2.24) is 15.0 Å². The number of carbonyl (C=O) groups excluding carboxylic acids is 1. The zero-order valence-corrected chi connectivity index (χ0v) is 12.8. The molecule has 0 fully saturated rings. The molecule has 0 saturated heterocycles.